The SMILES string of the molecule is Cc1ccc(NC(C)c2ccc(Cl)c(F)c2)cc1Br. The van der Waals surface area contributed by atoms with E-state index in [2.05, 4.69) is 21.2 Å². The van der Waals surface area contributed by atoms with Crippen LogP contribution in [0.2, 0.25) is 5.02 Å². The molecule has 0 bridgehead atoms. The summed E-state index contributed by atoms with van der Waals surface area (Å²) in [7, 11) is 0. The van der Waals surface area contributed by atoms with Gasteiger partial charge in [0.1, 0.15) is 5.82 Å². The van der Waals surface area contributed by atoms with Crippen LogP contribution in [0.4, 0.5) is 10.1 Å². The summed E-state index contributed by atoms with van der Waals surface area (Å²) in [4.78, 5) is 0. The Bertz CT molecular complexity index is 601. The third-order valence-corrected chi connectivity index (χ3v) is 4.16. The largest absolute Gasteiger partial charge is 0.378 e. The third kappa shape index (κ3) is 3.48. The second-order valence-corrected chi connectivity index (χ2v) is 5.77. The molecule has 1 N–H and O–H groups in total. The molecule has 100 valence electrons. The van der Waals surface area contributed by atoms with Crippen molar-refractivity contribution in [3.8, 4) is 0 Å². The van der Waals surface area contributed by atoms with Crippen LogP contribution in [0.5, 0.6) is 0 Å². The Balaban J connectivity index is 2.17. The van der Waals surface area contributed by atoms with Gasteiger partial charge in [-0.05, 0) is 49.2 Å². The molecule has 0 fully saturated rings. The lowest BCUT2D eigenvalue weighted by molar-refractivity contribution is 0.624. The van der Waals surface area contributed by atoms with Crippen LogP contribution in [-0.2, 0) is 0 Å². The summed E-state index contributed by atoms with van der Waals surface area (Å²) in [5.41, 5.74) is 3.02. The van der Waals surface area contributed by atoms with Crippen molar-refractivity contribution in [1.29, 1.82) is 0 Å². The molecular formula is C15H14BrClFN. The van der Waals surface area contributed by atoms with Crippen molar-refractivity contribution in [2.75, 3.05) is 5.32 Å². The van der Waals surface area contributed by atoms with Gasteiger partial charge in [-0.2, -0.15) is 0 Å². The number of aryl methyl sites for hydroxylation is 1. The van der Waals surface area contributed by atoms with Crippen molar-refractivity contribution in [3.05, 3.63) is 62.8 Å². The van der Waals surface area contributed by atoms with Gasteiger partial charge in [-0.25, -0.2) is 4.39 Å². The van der Waals surface area contributed by atoms with E-state index in [-0.39, 0.29) is 11.1 Å². The van der Waals surface area contributed by atoms with E-state index in [0.717, 1.165) is 15.7 Å². The summed E-state index contributed by atoms with van der Waals surface area (Å²) in [6.07, 6.45) is 0. The number of anilines is 1. The summed E-state index contributed by atoms with van der Waals surface area (Å²) in [6, 6.07) is 10.9. The molecule has 0 spiro atoms. The number of hydrogen-bond acceptors (Lipinski definition) is 1. The highest BCUT2D eigenvalue weighted by Gasteiger charge is 2.09. The van der Waals surface area contributed by atoms with Gasteiger partial charge >= 0.3 is 0 Å². The van der Waals surface area contributed by atoms with Crippen molar-refractivity contribution in [2.24, 2.45) is 0 Å². The van der Waals surface area contributed by atoms with Crippen LogP contribution < -0.4 is 5.32 Å². The summed E-state index contributed by atoms with van der Waals surface area (Å²) in [5.74, 6) is -0.391. The maximum Gasteiger partial charge on any atom is 0.142 e. The first-order chi connectivity index (χ1) is 8.97. The van der Waals surface area contributed by atoms with Crippen LogP contribution in [-0.4, -0.2) is 0 Å². The average molecular weight is 343 g/mol. The summed E-state index contributed by atoms with van der Waals surface area (Å²) in [5, 5.41) is 3.48. The van der Waals surface area contributed by atoms with Gasteiger partial charge in [-0.3, -0.25) is 0 Å². The molecule has 0 saturated heterocycles. The second-order valence-electron chi connectivity index (χ2n) is 4.50. The minimum absolute atomic E-state index is 0.00127. The fourth-order valence-corrected chi connectivity index (χ4v) is 2.29. The number of benzene rings is 2. The lowest BCUT2D eigenvalue weighted by Gasteiger charge is -2.16. The molecule has 2 aromatic carbocycles. The molecule has 2 rings (SSSR count). The van der Waals surface area contributed by atoms with Crippen molar-refractivity contribution in [3.63, 3.8) is 0 Å². The Morgan fingerprint density at radius 2 is 1.95 bits per heavy atom. The van der Waals surface area contributed by atoms with Crippen LogP contribution in [0.25, 0.3) is 0 Å². The Hall–Kier alpha value is -1.06. The Labute approximate surface area is 125 Å². The zero-order valence-electron chi connectivity index (χ0n) is 10.7. The molecule has 0 aliphatic rings. The van der Waals surface area contributed by atoms with Crippen molar-refractivity contribution in [1.82, 2.24) is 0 Å². The molecule has 0 saturated carbocycles. The zero-order valence-corrected chi connectivity index (χ0v) is 13.0. The fourth-order valence-electron chi connectivity index (χ4n) is 1.80. The third-order valence-electron chi connectivity index (χ3n) is 3.00. The van der Waals surface area contributed by atoms with Gasteiger partial charge in [0, 0.05) is 16.2 Å². The highest BCUT2D eigenvalue weighted by Crippen LogP contribution is 2.26. The maximum absolute atomic E-state index is 13.4. The highest BCUT2D eigenvalue weighted by molar-refractivity contribution is 9.10. The van der Waals surface area contributed by atoms with Crippen molar-refractivity contribution in [2.45, 2.75) is 19.9 Å². The van der Waals surface area contributed by atoms with Crippen LogP contribution in [0.15, 0.2) is 40.9 Å². The minimum Gasteiger partial charge on any atom is -0.378 e. The first kappa shape index (κ1) is 14.4. The summed E-state index contributed by atoms with van der Waals surface area (Å²) < 4.78 is 14.5. The van der Waals surface area contributed by atoms with Crippen LogP contribution in [0, 0.1) is 12.7 Å². The molecule has 0 radical (unpaired) electrons. The summed E-state index contributed by atoms with van der Waals surface area (Å²) in [6.45, 7) is 4.02. The van der Waals surface area contributed by atoms with E-state index in [9.17, 15) is 4.39 Å². The van der Waals surface area contributed by atoms with E-state index in [0.29, 0.717) is 0 Å². The van der Waals surface area contributed by atoms with E-state index in [1.54, 1.807) is 6.07 Å². The van der Waals surface area contributed by atoms with Gasteiger partial charge in [0.2, 0.25) is 0 Å². The molecule has 1 atom stereocenters. The standard InChI is InChI=1S/C15H14BrClFN/c1-9-3-5-12(8-13(9)16)19-10(2)11-4-6-14(17)15(18)7-11/h3-8,10,19H,1-2H3. The first-order valence-electron chi connectivity index (χ1n) is 5.95. The zero-order chi connectivity index (χ0) is 14.0. The smallest absolute Gasteiger partial charge is 0.142 e. The molecule has 4 heteroatoms. The van der Waals surface area contributed by atoms with E-state index >= 15 is 0 Å². The molecular weight excluding hydrogens is 329 g/mol. The van der Waals surface area contributed by atoms with E-state index in [4.69, 9.17) is 11.6 Å². The predicted molar refractivity (Wildman–Crippen MR) is 82.3 cm³/mol. The number of hydrogen-bond donors (Lipinski definition) is 1. The fraction of sp³-hybridized carbons (Fsp3) is 0.200. The molecule has 1 nitrogen and oxygen atoms in total. The van der Waals surface area contributed by atoms with Gasteiger partial charge in [0.15, 0.2) is 0 Å². The molecule has 0 aliphatic carbocycles. The molecule has 0 aliphatic heterocycles. The molecule has 19 heavy (non-hydrogen) atoms. The lowest BCUT2D eigenvalue weighted by atomic mass is 10.1. The average Bonchev–Trinajstić information content (AvgIpc) is 2.37. The van der Waals surface area contributed by atoms with Crippen molar-refractivity contribution >= 4 is 33.2 Å². The van der Waals surface area contributed by atoms with E-state index in [1.165, 1.54) is 11.6 Å². The Kier molecular flexibility index (Phi) is 4.48. The maximum atomic E-state index is 13.4. The molecule has 0 amide bonds. The normalized spacial score (nSPS) is 12.3. The minimum atomic E-state index is -0.391. The van der Waals surface area contributed by atoms with Crippen LogP contribution in [0.3, 0.4) is 0 Å². The Morgan fingerprint density at radius 1 is 1.21 bits per heavy atom. The second kappa shape index (κ2) is 5.93. The van der Waals surface area contributed by atoms with Crippen LogP contribution in [0.1, 0.15) is 24.1 Å². The van der Waals surface area contributed by atoms with Gasteiger partial charge in [-0.1, -0.05) is 39.7 Å². The summed E-state index contributed by atoms with van der Waals surface area (Å²) >= 11 is 9.18. The molecule has 1 unspecified atom stereocenters. The molecule has 0 heterocycles. The van der Waals surface area contributed by atoms with Gasteiger partial charge in [0.05, 0.1) is 5.02 Å². The topological polar surface area (TPSA) is 12.0 Å². The lowest BCUT2D eigenvalue weighted by Crippen LogP contribution is -2.07. The number of rotatable bonds is 3. The highest BCUT2D eigenvalue weighted by atomic mass is 79.9. The van der Waals surface area contributed by atoms with E-state index in [1.807, 2.05) is 38.1 Å². The van der Waals surface area contributed by atoms with E-state index < -0.39 is 5.82 Å². The van der Waals surface area contributed by atoms with Gasteiger partial charge in [0.25, 0.3) is 0 Å². The number of halogens is 3. The Morgan fingerprint density at radius 3 is 2.58 bits per heavy atom. The predicted octanol–water partition coefficient (Wildman–Crippen LogP) is 5.72. The van der Waals surface area contributed by atoms with Gasteiger partial charge < -0.3 is 5.32 Å². The first-order valence-corrected chi connectivity index (χ1v) is 7.12. The van der Waals surface area contributed by atoms with Crippen LogP contribution >= 0.6 is 27.5 Å². The number of nitrogens with one attached hydrogen (secondary N) is 1. The monoisotopic (exact) mass is 341 g/mol. The molecule has 2 aromatic rings. The van der Waals surface area contributed by atoms with Gasteiger partial charge in [-0.15, -0.1) is 0 Å². The molecule has 0 aromatic heterocycles. The van der Waals surface area contributed by atoms with Crippen molar-refractivity contribution < 1.29 is 4.39 Å². The quantitative estimate of drug-likeness (QED) is 0.752.